The summed E-state index contributed by atoms with van der Waals surface area (Å²) >= 11 is 0. The molecule has 1 aliphatic carbocycles. The molecule has 0 saturated carbocycles. The van der Waals surface area contributed by atoms with E-state index in [0.29, 0.717) is 60.9 Å². The molecule has 5 nitrogen and oxygen atoms in total. The number of benzene rings is 1. The van der Waals surface area contributed by atoms with Gasteiger partial charge < -0.3 is 5.32 Å². The van der Waals surface area contributed by atoms with Crippen LogP contribution in [0, 0.1) is 11.3 Å². The van der Waals surface area contributed by atoms with Gasteiger partial charge in [0, 0.05) is 35.2 Å². The molecule has 5 heteroatoms. The molecule has 1 aromatic rings. The van der Waals surface area contributed by atoms with Crippen molar-refractivity contribution in [3.63, 3.8) is 0 Å². The van der Waals surface area contributed by atoms with Crippen LogP contribution in [0.3, 0.4) is 0 Å². The number of Topliss-reactive ketones (excluding diaryl/α,β-unsaturated/α-hetero) is 2. The highest BCUT2D eigenvalue weighted by Gasteiger charge is 2.28. The van der Waals surface area contributed by atoms with Gasteiger partial charge in [0.1, 0.15) is 0 Å². The second-order valence-corrected chi connectivity index (χ2v) is 5.77. The van der Waals surface area contributed by atoms with E-state index in [-0.39, 0.29) is 17.5 Å². The number of nitrogens with zero attached hydrogens (tertiary/aromatic N) is 1. The molecule has 1 amide bonds. The number of amides is 1. The number of carbonyl (C=O) groups excluding carboxylic acids is 3. The summed E-state index contributed by atoms with van der Waals surface area (Å²) < 4.78 is 0. The van der Waals surface area contributed by atoms with Crippen LogP contribution < -0.4 is 5.32 Å². The first-order valence-corrected chi connectivity index (χ1v) is 8.08. The number of hydrogen-bond acceptors (Lipinski definition) is 4. The van der Waals surface area contributed by atoms with Crippen LogP contribution in [0.15, 0.2) is 35.4 Å². The molecule has 0 aromatic heterocycles. The second-order valence-electron chi connectivity index (χ2n) is 5.77. The fraction of sp³-hybridized carbons (Fsp3) is 0.368. The van der Waals surface area contributed by atoms with Crippen LogP contribution >= 0.6 is 0 Å². The third-order valence-corrected chi connectivity index (χ3v) is 4.12. The van der Waals surface area contributed by atoms with E-state index >= 15 is 0 Å². The Bertz CT molecular complexity index is 741. The third-order valence-electron chi connectivity index (χ3n) is 4.12. The van der Waals surface area contributed by atoms with Crippen molar-refractivity contribution in [2.24, 2.45) is 0 Å². The number of nitrogens with one attached hydrogen (secondary N) is 1. The Kier molecular flexibility index (Phi) is 6.02. The van der Waals surface area contributed by atoms with Gasteiger partial charge in [-0.15, -0.1) is 0 Å². The largest absolute Gasteiger partial charge is 0.355 e. The highest BCUT2D eigenvalue weighted by molar-refractivity contribution is 6.26. The van der Waals surface area contributed by atoms with Gasteiger partial charge in [0.2, 0.25) is 5.91 Å². The summed E-state index contributed by atoms with van der Waals surface area (Å²) in [5, 5.41) is 11.1. The maximum Gasteiger partial charge on any atom is 0.220 e. The zero-order valence-corrected chi connectivity index (χ0v) is 13.7. The van der Waals surface area contributed by atoms with Crippen molar-refractivity contribution in [3.05, 3.63) is 46.5 Å². The van der Waals surface area contributed by atoms with Crippen LogP contribution in [-0.4, -0.2) is 24.0 Å². The maximum atomic E-state index is 12.6. The Hall–Kier alpha value is -2.74. The number of ketones is 2. The first kappa shape index (κ1) is 17.6. The van der Waals surface area contributed by atoms with Crippen molar-refractivity contribution in [2.45, 2.75) is 39.0 Å². The second kappa shape index (κ2) is 8.21. The molecule has 0 radical (unpaired) electrons. The smallest absolute Gasteiger partial charge is 0.220 e. The Morgan fingerprint density at radius 2 is 1.79 bits per heavy atom. The molecule has 0 fully saturated rings. The lowest BCUT2D eigenvalue weighted by Crippen LogP contribution is -2.24. The number of unbranched alkanes of at least 4 members (excludes halogenated alkanes) is 1. The summed E-state index contributed by atoms with van der Waals surface area (Å²) in [6.45, 7) is 2.06. The lowest BCUT2D eigenvalue weighted by molar-refractivity contribution is -0.121. The minimum Gasteiger partial charge on any atom is -0.355 e. The predicted octanol–water partition coefficient (Wildman–Crippen LogP) is 2.97. The molecule has 2 rings (SSSR count). The quantitative estimate of drug-likeness (QED) is 0.781. The van der Waals surface area contributed by atoms with E-state index in [1.54, 1.807) is 31.2 Å². The van der Waals surface area contributed by atoms with Crippen molar-refractivity contribution in [2.75, 3.05) is 6.54 Å². The summed E-state index contributed by atoms with van der Waals surface area (Å²) in [4.78, 5) is 36.5. The first-order chi connectivity index (χ1) is 11.6. The average Bonchev–Trinajstić information content (AvgIpc) is 2.59. The Labute approximate surface area is 141 Å². The van der Waals surface area contributed by atoms with E-state index in [4.69, 9.17) is 5.26 Å². The van der Waals surface area contributed by atoms with Gasteiger partial charge in [-0.05, 0) is 26.2 Å². The van der Waals surface area contributed by atoms with Gasteiger partial charge in [-0.2, -0.15) is 5.26 Å². The predicted molar refractivity (Wildman–Crippen MR) is 89.5 cm³/mol. The Morgan fingerprint density at radius 3 is 2.46 bits per heavy atom. The minimum atomic E-state index is -0.0904. The molecular formula is C19H20N2O3. The van der Waals surface area contributed by atoms with E-state index < -0.39 is 0 Å². The monoisotopic (exact) mass is 324 g/mol. The molecule has 124 valence electrons. The number of carbonyl (C=O) groups is 3. The highest BCUT2D eigenvalue weighted by Crippen LogP contribution is 2.28. The van der Waals surface area contributed by atoms with Crippen LogP contribution in [0.5, 0.6) is 0 Å². The van der Waals surface area contributed by atoms with Gasteiger partial charge in [-0.25, -0.2) is 0 Å². The summed E-state index contributed by atoms with van der Waals surface area (Å²) in [5.74, 6) is -0.261. The molecule has 1 aromatic carbocycles. The molecule has 0 atom stereocenters. The molecule has 0 saturated heterocycles. The molecule has 0 spiro atoms. The van der Waals surface area contributed by atoms with Crippen LogP contribution in [0.2, 0.25) is 0 Å². The first-order valence-electron chi connectivity index (χ1n) is 8.08. The molecule has 24 heavy (non-hydrogen) atoms. The van der Waals surface area contributed by atoms with E-state index in [0.717, 1.165) is 0 Å². The standard InChI is InChI=1S/C19H20N2O3/c1-13-14(7-4-5-10-17(22)21-12-6-11-20)19(24)16-9-3-2-8-15(16)18(13)23/h2-3,8-9H,4-7,10,12H2,1H3,(H,21,22). The normalized spacial score (nSPS) is 13.5. The fourth-order valence-corrected chi connectivity index (χ4v) is 2.79. The van der Waals surface area contributed by atoms with Crippen LogP contribution in [0.25, 0.3) is 0 Å². The van der Waals surface area contributed by atoms with Gasteiger partial charge in [0.05, 0.1) is 12.5 Å². The Morgan fingerprint density at radius 1 is 1.12 bits per heavy atom. The number of rotatable bonds is 7. The van der Waals surface area contributed by atoms with Gasteiger partial charge in [0.15, 0.2) is 11.6 Å². The third kappa shape index (κ3) is 3.96. The zero-order valence-electron chi connectivity index (χ0n) is 13.7. The van der Waals surface area contributed by atoms with E-state index in [9.17, 15) is 14.4 Å². The van der Waals surface area contributed by atoms with E-state index in [1.165, 1.54) is 0 Å². The van der Waals surface area contributed by atoms with Crippen LogP contribution in [0.4, 0.5) is 0 Å². The molecule has 1 N–H and O–H groups in total. The van der Waals surface area contributed by atoms with Gasteiger partial charge in [-0.3, -0.25) is 14.4 Å². The highest BCUT2D eigenvalue weighted by atomic mass is 16.2. The van der Waals surface area contributed by atoms with Crippen molar-refractivity contribution >= 4 is 17.5 Å². The molecule has 0 aliphatic heterocycles. The zero-order chi connectivity index (χ0) is 17.5. The number of nitriles is 1. The lowest BCUT2D eigenvalue weighted by atomic mass is 9.83. The van der Waals surface area contributed by atoms with E-state index in [2.05, 4.69) is 5.32 Å². The SMILES string of the molecule is CC1=C(CCCCC(=O)NCCC#N)C(=O)c2ccccc2C1=O. The van der Waals surface area contributed by atoms with Crippen LogP contribution in [0.1, 0.15) is 59.7 Å². The number of hydrogen-bond donors (Lipinski definition) is 1. The van der Waals surface area contributed by atoms with Crippen molar-refractivity contribution < 1.29 is 14.4 Å². The van der Waals surface area contributed by atoms with Crippen molar-refractivity contribution in [1.82, 2.24) is 5.32 Å². The van der Waals surface area contributed by atoms with Gasteiger partial charge >= 0.3 is 0 Å². The number of fused-ring (bicyclic) bond motifs is 1. The van der Waals surface area contributed by atoms with Gasteiger partial charge in [-0.1, -0.05) is 24.3 Å². The molecule has 0 unspecified atom stereocenters. The summed E-state index contributed by atoms with van der Waals surface area (Å²) in [7, 11) is 0. The average molecular weight is 324 g/mol. The van der Waals surface area contributed by atoms with Crippen molar-refractivity contribution in [3.8, 4) is 6.07 Å². The summed E-state index contributed by atoms with van der Waals surface area (Å²) in [6.07, 6.45) is 2.46. The minimum absolute atomic E-state index is 0.0822. The maximum absolute atomic E-state index is 12.6. The topological polar surface area (TPSA) is 87.0 Å². The fourth-order valence-electron chi connectivity index (χ4n) is 2.79. The molecule has 0 heterocycles. The Balaban J connectivity index is 1.90. The molecular weight excluding hydrogens is 304 g/mol. The van der Waals surface area contributed by atoms with E-state index in [1.807, 2.05) is 6.07 Å². The molecule has 1 aliphatic rings. The van der Waals surface area contributed by atoms with Crippen molar-refractivity contribution in [1.29, 1.82) is 5.26 Å². The summed E-state index contributed by atoms with van der Waals surface area (Å²) in [6, 6.07) is 8.85. The summed E-state index contributed by atoms with van der Waals surface area (Å²) in [5.41, 5.74) is 2.01. The number of allylic oxidation sites excluding steroid dienone is 2. The molecule has 0 bridgehead atoms. The lowest BCUT2D eigenvalue weighted by Gasteiger charge is -2.18. The van der Waals surface area contributed by atoms with Gasteiger partial charge in [0.25, 0.3) is 0 Å². The van der Waals surface area contributed by atoms with Crippen LogP contribution in [-0.2, 0) is 4.79 Å².